The first-order chi connectivity index (χ1) is 10.9. The first kappa shape index (κ1) is 17.5. The molecule has 0 aromatic heterocycles. The minimum Gasteiger partial charge on any atom is -0.325 e. The molecule has 0 aliphatic heterocycles. The fourth-order valence-electron chi connectivity index (χ4n) is 2.49. The lowest BCUT2D eigenvalue weighted by atomic mass is 10.1. The molecule has 1 atom stereocenters. The Balaban J connectivity index is 2.02. The maximum absolute atomic E-state index is 12.3. The summed E-state index contributed by atoms with van der Waals surface area (Å²) in [6.07, 6.45) is 0. The predicted octanol–water partition coefficient (Wildman–Crippen LogP) is 4.59. The number of nitrogens with one attached hydrogen (secondary N) is 1. The number of nitrogens with zero attached hydrogens (tertiary/aromatic N) is 1. The summed E-state index contributed by atoms with van der Waals surface area (Å²) >= 11 is 6.24. The molecule has 23 heavy (non-hydrogen) atoms. The van der Waals surface area contributed by atoms with E-state index in [-0.39, 0.29) is 11.9 Å². The molecule has 0 saturated heterocycles. The van der Waals surface area contributed by atoms with E-state index < -0.39 is 0 Å². The van der Waals surface area contributed by atoms with Crippen LogP contribution in [0.25, 0.3) is 0 Å². The van der Waals surface area contributed by atoms with Gasteiger partial charge in [-0.05, 0) is 56.6 Å². The first-order valence-corrected chi connectivity index (χ1v) is 8.08. The number of halogens is 1. The maximum atomic E-state index is 12.3. The molecule has 0 heterocycles. The topological polar surface area (TPSA) is 32.3 Å². The number of likely N-dealkylation sites (N-methyl/N-ethyl adjacent to an activating group) is 1. The molecule has 1 N–H and O–H groups in total. The summed E-state index contributed by atoms with van der Waals surface area (Å²) in [5, 5.41) is 3.71. The third-order valence-corrected chi connectivity index (χ3v) is 4.63. The lowest BCUT2D eigenvalue weighted by Gasteiger charge is -2.25. The number of hydrogen-bond donors (Lipinski definition) is 1. The standard InChI is InChI=1S/C19H23ClN2O/c1-13-8-7-11-18(14(13)2)21-19(23)12-22(4)15(3)16-9-5-6-10-17(16)20/h5-11,15H,12H2,1-4H3,(H,21,23). The summed E-state index contributed by atoms with van der Waals surface area (Å²) in [6, 6.07) is 13.7. The van der Waals surface area contributed by atoms with Crippen molar-refractivity contribution in [3.8, 4) is 0 Å². The summed E-state index contributed by atoms with van der Waals surface area (Å²) in [6.45, 7) is 6.41. The third-order valence-electron chi connectivity index (χ3n) is 4.29. The lowest BCUT2D eigenvalue weighted by molar-refractivity contribution is -0.117. The number of rotatable bonds is 5. The second-order valence-electron chi connectivity index (χ2n) is 5.91. The highest BCUT2D eigenvalue weighted by atomic mass is 35.5. The minimum atomic E-state index is -0.0277. The van der Waals surface area contributed by atoms with Crippen LogP contribution in [0.1, 0.15) is 29.7 Å². The van der Waals surface area contributed by atoms with Gasteiger partial charge in [-0.1, -0.05) is 41.9 Å². The van der Waals surface area contributed by atoms with E-state index in [1.165, 1.54) is 5.56 Å². The molecule has 3 nitrogen and oxygen atoms in total. The molecule has 2 aromatic rings. The molecule has 122 valence electrons. The lowest BCUT2D eigenvalue weighted by Crippen LogP contribution is -2.32. The van der Waals surface area contributed by atoms with Crippen molar-refractivity contribution in [1.29, 1.82) is 0 Å². The summed E-state index contributed by atoms with van der Waals surface area (Å²) in [5.74, 6) is -0.0277. The Morgan fingerprint density at radius 2 is 1.87 bits per heavy atom. The van der Waals surface area contributed by atoms with Crippen LogP contribution in [0.5, 0.6) is 0 Å². The molecule has 1 amide bonds. The van der Waals surface area contributed by atoms with Gasteiger partial charge >= 0.3 is 0 Å². The van der Waals surface area contributed by atoms with E-state index in [2.05, 4.69) is 5.32 Å². The molecule has 0 fully saturated rings. The number of amides is 1. The van der Waals surface area contributed by atoms with Crippen molar-refractivity contribution in [2.45, 2.75) is 26.8 Å². The average molecular weight is 331 g/mol. The molecule has 0 saturated carbocycles. The van der Waals surface area contributed by atoms with Crippen molar-refractivity contribution < 1.29 is 4.79 Å². The highest BCUT2D eigenvalue weighted by Gasteiger charge is 2.17. The van der Waals surface area contributed by atoms with Crippen LogP contribution in [0.4, 0.5) is 5.69 Å². The van der Waals surface area contributed by atoms with Crippen LogP contribution in [0.15, 0.2) is 42.5 Å². The highest BCUT2D eigenvalue weighted by Crippen LogP contribution is 2.26. The van der Waals surface area contributed by atoms with Crippen LogP contribution in [-0.4, -0.2) is 24.4 Å². The van der Waals surface area contributed by atoms with Gasteiger partial charge in [-0.15, -0.1) is 0 Å². The van der Waals surface area contributed by atoms with Crippen LogP contribution in [0.3, 0.4) is 0 Å². The molecule has 0 aliphatic rings. The van der Waals surface area contributed by atoms with Crippen molar-refractivity contribution in [3.63, 3.8) is 0 Å². The van der Waals surface area contributed by atoms with Crippen molar-refractivity contribution in [1.82, 2.24) is 4.90 Å². The number of benzene rings is 2. The van der Waals surface area contributed by atoms with Gasteiger partial charge in [-0.3, -0.25) is 9.69 Å². The van der Waals surface area contributed by atoms with E-state index in [4.69, 9.17) is 11.6 Å². The maximum Gasteiger partial charge on any atom is 0.238 e. The van der Waals surface area contributed by atoms with Crippen molar-refractivity contribution >= 4 is 23.2 Å². The smallest absolute Gasteiger partial charge is 0.238 e. The number of hydrogen-bond acceptors (Lipinski definition) is 2. The average Bonchev–Trinajstić information content (AvgIpc) is 2.51. The zero-order valence-corrected chi connectivity index (χ0v) is 14.8. The zero-order chi connectivity index (χ0) is 17.0. The monoisotopic (exact) mass is 330 g/mol. The molecule has 2 rings (SSSR count). The molecule has 4 heteroatoms. The van der Waals surface area contributed by atoms with Crippen LogP contribution >= 0.6 is 11.6 Å². The van der Waals surface area contributed by atoms with Gasteiger partial charge in [0.25, 0.3) is 0 Å². The van der Waals surface area contributed by atoms with Crippen molar-refractivity contribution in [2.75, 3.05) is 18.9 Å². The fourth-order valence-corrected chi connectivity index (χ4v) is 2.78. The SMILES string of the molecule is Cc1cccc(NC(=O)CN(C)C(C)c2ccccc2Cl)c1C. The second-order valence-corrected chi connectivity index (χ2v) is 6.32. The van der Waals surface area contributed by atoms with Gasteiger partial charge in [0.15, 0.2) is 0 Å². The summed E-state index contributed by atoms with van der Waals surface area (Å²) in [7, 11) is 1.93. The Morgan fingerprint density at radius 1 is 1.17 bits per heavy atom. The Kier molecular flexibility index (Phi) is 5.80. The largest absolute Gasteiger partial charge is 0.325 e. The molecule has 0 aliphatic carbocycles. The molecular formula is C19H23ClN2O. The van der Waals surface area contributed by atoms with E-state index >= 15 is 0 Å². The highest BCUT2D eigenvalue weighted by molar-refractivity contribution is 6.31. The summed E-state index contributed by atoms with van der Waals surface area (Å²) in [4.78, 5) is 14.3. The van der Waals surface area contributed by atoms with E-state index in [1.54, 1.807) is 0 Å². The van der Waals surface area contributed by atoms with Crippen molar-refractivity contribution in [3.05, 3.63) is 64.2 Å². The van der Waals surface area contributed by atoms with Gasteiger partial charge in [0, 0.05) is 16.8 Å². The summed E-state index contributed by atoms with van der Waals surface area (Å²) in [5.41, 5.74) is 4.16. The van der Waals surface area contributed by atoms with Gasteiger partial charge in [-0.2, -0.15) is 0 Å². The zero-order valence-electron chi connectivity index (χ0n) is 14.1. The minimum absolute atomic E-state index is 0.0277. The quantitative estimate of drug-likeness (QED) is 0.869. The van der Waals surface area contributed by atoms with Crippen LogP contribution in [0, 0.1) is 13.8 Å². The second kappa shape index (κ2) is 7.62. The predicted molar refractivity (Wildman–Crippen MR) is 97.0 cm³/mol. The molecule has 2 aromatic carbocycles. The van der Waals surface area contributed by atoms with Crippen LogP contribution in [0.2, 0.25) is 5.02 Å². The van der Waals surface area contributed by atoms with E-state index in [9.17, 15) is 4.79 Å². The van der Waals surface area contributed by atoms with E-state index in [0.29, 0.717) is 6.54 Å². The number of carbonyl (C=O) groups excluding carboxylic acids is 1. The van der Waals surface area contributed by atoms with Gasteiger partial charge in [0.1, 0.15) is 0 Å². The Labute approximate surface area is 143 Å². The molecule has 0 bridgehead atoms. The molecule has 0 spiro atoms. The van der Waals surface area contributed by atoms with Gasteiger partial charge in [0.2, 0.25) is 5.91 Å². The molecule has 0 radical (unpaired) electrons. The Morgan fingerprint density at radius 3 is 2.57 bits per heavy atom. The van der Waals surface area contributed by atoms with Gasteiger partial charge < -0.3 is 5.32 Å². The normalized spacial score (nSPS) is 12.3. The Bertz CT molecular complexity index is 700. The van der Waals surface area contributed by atoms with Crippen LogP contribution in [-0.2, 0) is 4.79 Å². The van der Waals surface area contributed by atoms with Crippen LogP contribution < -0.4 is 5.32 Å². The van der Waals surface area contributed by atoms with Crippen molar-refractivity contribution in [2.24, 2.45) is 0 Å². The Hall–Kier alpha value is -1.84. The number of anilines is 1. The molecular weight excluding hydrogens is 308 g/mol. The number of aryl methyl sites for hydroxylation is 1. The van der Waals surface area contributed by atoms with E-state index in [0.717, 1.165) is 21.8 Å². The van der Waals surface area contributed by atoms with E-state index in [1.807, 2.05) is 75.2 Å². The van der Waals surface area contributed by atoms with Gasteiger partial charge in [-0.25, -0.2) is 0 Å². The first-order valence-electron chi connectivity index (χ1n) is 7.71. The summed E-state index contributed by atoms with van der Waals surface area (Å²) < 4.78 is 0. The van der Waals surface area contributed by atoms with Gasteiger partial charge in [0.05, 0.1) is 6.54 Å². The molecule has 1 unspecified atom stereocenters. The third kappa shape index (κ3) is 4.34. The number of carbonyl (C=O) groups is 1. The fraction of sp³-hybridized carbons (Fsp3) is 0.316.